The first kappa shape index (κ1) is 18.3. The summed E-state index contributed by atoms with van der Waals surface area (Å²) < 4.78 is 11.4. The maximum atomic E-state index is 10.5. The van der Waals surface area contributed by atoms with E-state index >= 15 is 0 Å². The third kappa shape index (κ3) is 5.19. The van der Waals surface area contributed by atoms with E-state index in [2.05, 4.69) is 43.6 Å². The molecule has 0 fully saturated rings. The molecule has 4 heteroatoms. The SMILES string of the molecule is COc1ccc(C(O)CC(C)CC(C)(C)C)c(OC)c1Br. The Balaban J connectivity index is 2.92. The van der Waals surface area contributed by atoms with Crippen LogP contribution < -0.4 is 9.47 Å². The van der Waals surface area contributed by atoms with Crippen molar-refractivity contribution in [2.75, 3.05) is 14.2 Å². The van der Waals surface area contributed by atoms with Crippen LogP contribution in [0.5, 0.6) is 11.5 Å². The quantitative estimate of drug-likeness (QED) is 0.780. The summed E-state index contributed by atoms with van der Waals surface area (Å²) in [6.45, 7) is 8.85. The van der Waals surface area contributed by atoms with Crippen molar-refractivity contribution >= 4 is 15.9 Å². The molecule has 0 bridgehead atoms. The van der Waals surface area contributed by atoms with Crippen LogP contribution in [0.1, 0.15) is 52.2 Å². The van der Waals surface area contributed by atoms with Crippen LogP contribution in [-0.2, 0) is 0 Å². The van der Waals surface area contributed by atoms with Crippen molar-refractivity contribution in [3.05, 3.63) is 22.2 Å². The average molecular weight is 359 g/mol. The Morgan fingerprint density at radius 3 is 2.29 bits per heavy atom. The van der Waals surface area contributed by atoms with E-state index in [1.165, 1.54) is 0 Å². The van der Waals surface area contributed by atoms with Crippen LogP contribution in [0.4, 0.5) is 0 Å². The zero-order valence-electron chi connectivity index (χ0n) is 13.9. The van der Waals surface area contributed by atoms with Crippen molar-refractivity contribution < 1.29 is 14.6 Å². The molecule has 0 saturated carbocycles. The van der Waals surface area contributed by atoms with Crippen molar-refractivity contribution in [3.8, 4) is 11.5 Å². The van der Waals surface area contributed by atoms with Gasteiger partial charge in [-0.15, -0.1) is 0 Å². The molecule has 0 radical (unpaired) electrons. The number of aliphatic hydroxyl groups excluding tert-OH is 1. The van der Waals surface area contributed by atoms with Gasteiger partial charge in [0.15, 0.2) is 0 Å². The van der Waals surface area contributed by atoms with Gasteiger partial charge in [-0.2, -0.15) is 0 Å². The molecule has 2 unspecified atom stereocenters. The number of halogens is 1. The van der Waals surface area contributed by atoms with E-state index in [0.717, 1.165) is 16.5 Å². The van der Waals surface area contributed by atoms with Crippen molar-refractivity contribution in [1.82, 2.24) is 0 Å². The van der Waals surface area contributed by atoms with Gasteiger partial charge in [0.25, 0.3) is 0 Å². The van der Waals surface area contributed by atoms with E-state index in [-0.39, 0.29) is 5.41 Å². The van der Waals surface area contributed by atoms with Crippen LogP contribution in [0.25, 0.3) is 0 Å². The minimum atomic E-state index is -0.542. The van der Waals surface area contributed by atoms with Gasteiger partial charge in [0.1, 0.15) is 16.0 Å². The zero-order valence-corrected chi connectivity index (χ0v) is 15.5. The molecule has 0 amide bonds. The summed E-state index contributed by atoms with van der Waals surface area (Å²) in [5.74, 6) is 1.78. The Morgan fingerprint density at radius 2 is 1.81 bits per heavy atom. The second-order valence-electron chi connectivity index (χ2n) is 6.83. The van der Waals surface area contributed by atoms with Gasteiger partial charge < -0.3 is 14.6 Å². The average Bonchev–Trinajstić information content (AvgIpc) is 2.35. The maximum absolute atomic E-state index is 10.5. The number of hydrogen-bond acceptors (Lipinski definition) is 3. The van der Waals surface area contributed by atoms with E-state index in [1.54, 1.807) is 14.2 Å². The van der Waals surface area contributed by atoms with Gasteiger partial charge in [-0.25, -0.2) is 0 Å². The summed E-state index contributed by atoms with van der Waals surface area (Å²) in [6.07, 6.45) is 1.25. The van der Waals surface area contributed by atoms with Gasteiger partial charge in [-0.05, 0) is 52.2 Å². The van der Waals surface area contributed by atoms with Crippen LogP contribution >= 0.6 is 15.9 Å². The van der Waals surface area contributed by atoms with Crippen molar-refractivity contribution in [2.45, 2.75) is 46.6 Å². The monoisotopic (exact) mass is 358 g/mol. The summed E-state index contributed by atoms with van der Waals surface area (Å²) in [5.41, 5.74) is 1.06. The van der Waals surface area contributed by atoms with Gasteiger partial charge >= 0.3 is 0 Å². The fourth-order valence-corrected chi connectivity index (χ4v) is 3.50. The number of rotatable bonds is 6. The lowest BCUT2D eigenvalue weighted by Crippen LogP contribution is -2.14. The van der Waals surface area contributed by atoms with Crippen LogP contribution in [0.2, 0.25) is 0 Å². The topological polar surface area (TPSA) is 38.7 Å². The molecule has 3 nitrogen and oxygen atoms in total. The second kappa shape index (κ2) is 7.50. The fraction of sp³-hybridized carbons (Fsp3) is 0.647. The molecule has 0 aliphatic heterocycles. The molecule has 1 rings (SSSR count). The molecular formula is C17H27BrO3. The molecule has 0 heterocycles. The molecule has 2 atom stereocenters. The smallest absolute Gasteiger partial charge is 0.142 e. The Morgan fingerprint density at radius 1 is 1.19 bits per heavy atom. The fourth-order valence-electron chi connectivity index (χ4n) is 2.82. The van der Waals surface area contributed by atoms with Crippen LogP contribution in [0, 0.1) is 11.3 Å². The molecule has 1 aromatic carbocycles. The van der Waals surface area contributed by atoms with Gasteiger partial charge in [0, 0.05) is 5.56 Å². The van der Waals surface area contributed by atoms with E-state index in [1.807, 2.05) is 12.1 Å². The standard InChI is InChI=1S/C17H27BrO3/c1-11(10-17(2,3)4)9-13(19)12-7-8-14(20-5)15(18)16(12)21-6/h7-8,11,13,19H,9-10H2,1-6H3. The number of hydrogen-bond donors (Lipinski definition) is 1. The minimum absolute atomic E-state index is 0.268. The number of ether oxygens (including phenoxy) is 2. The third-order valence-electron chi connectivity index (χ3n) is 3.46. The van der Waals surface area contributed by atoms with Gasteiger partial charge in [-0.1, -0.05) is 27.7 Å². The van der Waals surface area contributed by atoms with Gasteiger partial charge in [0.2, 0.25) is 0 Å². The highest BCUT2D eigenvalue weighted by Gasteiger charge is 2.23. The van der Waals surface area contributed by atoms with Gasteiger partial charge in [0.05, 0.1) is 20.3 Å². The maximum Gasteiger partial charge on any atom is 0.142 e. The first-order chi connectivity index (χ1) is 9.69. The lowest BCUT2D eigenvalue weighted by atomic mass is 9.82. The molecule has 0 spiro atoms. The Labute approximate surface area is 136 Å². The summed E-state index contributed by atoms with van der Waals surface area (Å²) in [4.78, 5) is 0. The molecule has 0 aliphatic rings. The van der Waals surface area contributed by atoms with E-state index < -0.39 is 6.10 Å². The molecule has 0 aromatic heterocycles. The molecule has 1 N–H and O–H groups in total. The summed E-state index contributed by atoms with van der Waals surface area (Å²) in [6, 6.07) is 3.72. The Bertz CT molecular complexity index is 466. The highest BCUT2D eigenvalue weighted by molar-refractivity contribution is 9.10. The first-order valence-electron chi connectivity index (χ1n) is 7.28. The predicted molar refractivity (Wildman–Crippen MR) is 90.1 cm³/mol. The predicted octanol–water partition coefficient (Wildman–Crippen LogP) is 4.96. The van der Waals surface area contributed by atoms with E-state index in [9.17, 15) is 5.11 Å². The molecular weight excluding hydrogens is 332 g/mol. The first-order valence-corrected chi connectivity index (χ1v) is 8.07. The highest BCUT2D eigenvalue weighted by atomic mass is 79.9. The minimum Gasteiger partial charge on any atom is -0.495 e. The summed E-state index contributed by atoms with van der Waals surface area (Å²) in [5, 5.41) is 10.5. The number of aliphatic hydroxyl groups is 1. The largest absolute Gasteiger partial charge is 0.495 e. The summed E-state index contributed by atoms with van der Waals surface area (Å²) in [7, 11) is 3.22. The van der Waals surface area contributed by atoms with E-state index in [0.29, 0.717) is 23.8 Å². The third-order valence-corrected chi connectivity index (χ3v) is 4.21. The van der Waals surface area contributed by atoms with Crippen molar-refractivity contribution in [1.29, 1.82) is 0 Å². The number of benzene rings is 1. The number of methoxy groups -OCH3 is 2. The van der Waals surface area contributed by atoms with Gasteiger partial charge in [-0.3, -0.25) is 0 Å². The lowest BCUT2D eigenvalue weighted by molar-refractivity contribution is 0.131. The Hall–Kier alpha value is -0.740. The van der Waals surface area contributed by atoms with Crippen LogP contribution in [-0.4, -0.2) is 19.3 Å². The highest BCUT2D eigenvalue weighted by Crippen LogP contribution is 2.41. The normalized spacial score (nSPS) is 14.7. The van der Waals surface area contributed by atoms with E-state index in [4.69, 9.17) is 9.47 Å². The van der Waals surface area contributed by atoms with Crippen molar-refractivity contribution in [2.24, 2.45) is 11.3 Å². The lowest BCUT2D eigenvalue weighted by Gasteiger charge is -2.25. The molecule has 0 aliphatic carbocycles. The molecule has 0 saturated heterocycles. The Kier molecular flexibility index (Phi) is 6.54. The molecule has 1 aromatic rings. The molecule has 21 heavy (non-hydrogen) atoms. The second-order valence-corrected chi connectivity index (χ2v) is 7.62. The molecule has 120 valence electrons. The van der Waals surface area contributed by atoms with Crippen LogP contribution in [0.3, 0.4) is 0 Å². The zero-order chi connectivity index (χ0) is 16.2. The van der Waals surface area contributed by atoms with Crippen LogP contribution in [0.15, 0.2) is 16.6 Å². The van der Waals surface area contributed by atoms with Crippen molar-refractivity contribution in [3.63, 3.8) is 0 Å². The summed E-state index contributed by atoms with van der Waals surface area (Å²) >= 11 is 3.47.